The van der Waals surface area contributed by atoms with Gasteiger partial charge in [0.05, 0.1) is 6.61 Å². The summed E-state index contributed by atoms with van der Waals surface area (Å²) >= 11 is 5.88. The first-order valence-electron chi connectivity index (χ1n) is 7.84. The van der Waals surface area contributed by atoms with Gasteiger partial charge in [-0.2, -0.15) is 0 Å². The zero-order valence-electron chi connectivity index (χ0n) is 13.4. The summed E-state index contributed by atoms with van der Waals surface area (Å²) < 4.78 is 10.7. The molecule has 126 valence electrons. The zero-order chi connectivity index (χ0) is 16.8. The minimum atomic E-state index is -0.748. The molecule has 0 bridgehead atoms. The van der Waals surface area contributed by atoms with Gasteiger partial charge in [0.2, 0.25) is 0 Å². The summed E-state index contributed by atoms with van der Waals surface area (Å²) in [6.07, 6.45) is 2.01. The van der Waals surface area contributed by atoms with Crippen molar-refractivity contribution in [3.63, 3.8) is 0 Å². The summed E-state index contributed by atoms with van der Waals surface area (Å²) in [5, 5.41) is 3.47. The summed E-state index contributed by atoms with van der Waals surface area (Å²) in [5.41, 5.74) is 0.949. The fraction of sp³-hybridized carbons (Fsp3) is 0.529. The Kier molecular flexibility index (Phi) is 6.28. The van der Waals surface area contributed by atoms with Crippen molar-refractivity contribution in [2.75, 3.05) is 6.61 Å². The molecule has 0 heterocycles. The largest absolute Gasteiger partial charge is 0.493 e. The predicted octanol–water partition coefficient (Wildman–Crippen LogP) is 3.02. The summed E-state index contributed by atoms with van der Waals surface area (Å²) in [6.45, 7) is 3.90. The lowest BCUT2D eigenvalue weighted by Crippen LogP contribution is -2.37. The zero-order valence-corrected chi connectivity index (χ0v) is 14.2. The highest BCUT2D eigenvalue weighted by atomic mass is 35.5. The topological polar surface area (TPSA) is 64.6 Å². The normalized spacial score (nSPS) is 14.9. The molecule has 0 spiro atoms. The van der Waals surface area contributed by atoms with Crippen molar-refractivity contribution < 1.29 is 19.1 Å². The van der Waals surface area contributed by atoms with Crippen LogP contribution in [0, 0.1) is 6.92 Å². The summed E-state index contributed by atoms with van der Waals surface area (Å²) in [5.74, 6) is 0.133. The van der Waals surface area contributed by atoms with Crippen molar-refractivity contribution in [2.24, 2.45) is 0 Å². The molecule has 1 aromatic rings. The van der Waals surface area contributed by atoms with Gasteiger partial charge in [-0.3, -0.25) is 9.59 Å². The van der Waals surface area contributed by atoms with Crippen LogP contribution in [0.4, 0.5) is 0 Å². The van der Waals surface area contributed by atoms with E-state index in [4.69, 9.17) is 21.1 Å². The Morgan fingerprint density at radius 1 is 1.39 bits per heavy atom. The third-order valence-electron chi connectivity index (χ3n) is 3.52. The lowest BCUT2D eigenvalue weighted by molar-refractivity contribution is -0.155. The van der Waals surface area contributed by atoms with Gasteiger partial charge in [-0.25, -0.2) is 0 Å². The molecule has 1 fully saturated rings. The first kappa shape index (κ1) is 17.6. The number of carbonyl (C=O) groups is 2. The number of halogens is 1. The van der Waals surface area contributed by atoms with Crippen molar-refractivity contribution in [3.8, 4) is 5.75 Å². The molecule has 0 aliphatic heterocycles. The lowest BCUT2D eigenvalue weighted by atomic mass is 10.2. The highest BCUT2D eigenvalue weighted by molar-refractivity contribution is 6.30. The second-order valence-corrected chi connectivity index (χ2v) is 6.21. The van der Waals surface area contributed by atoms with Crippen molar-refractivity contribution in [1.82, 2.24) is 5.32 Å². The Labute approximate surface area is 141 Å². The highest BCUT2D eigenvalue weighted by Crippen LogP contribution is 2.22. The highest BCUT2D eigenvalue weighted by Gasteiger charge is 2.27. The molecule has 1 N–H and O–H groups in total. The predicted molar refractivity (Wildman–Crippen MR) is 87.6 cm³/mol. The Bertz CT molecular complexity index is 572. The number of hydrogen-bond acceptors (Lipinski definition) is 4. The number of nitrogens with one attached hydrogen (secondary N) is 1. The number of esters is 1. The van der Waals surface area contributed by atoms with Gasteiger partial charge in [0.25, 0.3) is 5.91 Å². The van der Waals surface area contributed by atoms with Gasteiger partial charge in [-0.1, -0.05) is 11.6 Å². The van der Waals surface area contributed by atoms with E-state index in [0.29, 0.717) is 18.1 Å². The van der Waals surface area contributed by atoms with E-state index in [-0.39, 0.29) is 24.3 Å². The van der Waals surface area contributed by atoms with Crippen LogP contribution in [0.15, 0.2) is 18.2 Å². The van der Waals surface area contributed by atoms with Crippen LogP contribution in [-0.2, 0) is 14.3 Å². The molecule has 1 aliphatic carbocycles. The second kappa shape index (κ2) is 8.20. The maximum atomic E-state index is 11.7. The smallest absolute Gasteiger partial charge is 0.306 e. The number of benzene rings is 1. The third kappa shape index (κ3) is 6.10. The minimum absolute atomic E-state index is 0.216. The molecule has 0 saturated heterocycles. The fourth-order valence-corrected chi connectivity index (χ4v) is 2.26. The number of rotatable bonds is 8. The molecule has 0 unspecified atom stereocenters. The molecule has 1 saturated carbocycles. The van der Waals surface area contributed by atoms with Crippen LogP contribution in [0.25, 0.3) is 0 Å². The fourth-order valence-electron chi connectivity index (χ4n) is 2.03. The Morgan fingerprint density at radius 3 is 2.78 bits per heavy atom. The van der Waals surface area contributed by atoms with E-state index < -0.39 is 6.10 Å². The van der Waals surface area contributed by atoms with Crippen LogP contribution in [0.3, 0.4) is 0 Å². The maximum absolute atomic E-state index is 11.7. The van der Waals surface area contributed by atoms with Crippen LogP contribution >= 0.6 is 11.6 Å². The van der Waals surface area contributed by atoms with Gasteiger partial charge in [0.15, 0.2) is 6.10 Å². The quantitative estimate of drug-likeness (QED) is 0.584. The number of ether oxygens (including phenoxy) is 2. The van der Waals surface area contributed by atoms with E-state index in [2.05, 4.69) is 5.32 Å². The van der Waals surface area contributed by atoms with Crippen molar-refractivity contribution >= 4 is 23.5 Å². The van der Waals surface area contributed by atoms with Gasteiger partial charge in [-0.05, 0) is 56.9 Å². The molecule has 6 heteroatoms. The van der Waals surface area contributed by atoms with E-state index in [0.717, 1.165) is 24.2 Å². The SMILES string of the molecule is Cc1cc(Cl)ccc1OCCCC(=O)O[C@@H](C)C(=O)NC1CC1. The molecular weight excluding hydrogens is 318 g/mol. The Morgan fingerprint density at radius 2 is 2.13 bits per heavy atom. The molecule has 5 nitrogen and oxygen atoms in total. The summed E-state index contributed by atoms with van der Waals surface area (Å²) in [7, 11) is 0. The first-order valence-corrected chi connectivity index (χ1v) is 8.22. The Balaban J connectivity index is 1.63. The summed E-state index contributed by atoms with van der Waals surface area (Å²) in [4.78, 5) is 23.4. The van der Waals surface area contributed by atoms with Crippen LogP contribution in [0.1, 0.15) is 38.2 Å². The molecule has 1 aromatic carbocycles. The van der Waals surface area contributed by atoms with E-state index in [1.807, 2.05) is 13.0 Å². The maximum Gasteiger partial charge on any atom is 0.306 e. The van der Waals surface area contributed by atoms with Crippen molar-refractivity contribution in [3.05, 3.63) is 28.8 Å². The third-order valence-corrected chi connectivity index (χ3v) is 3.76. The molecule has 0 radical (unpaired) electrons. The molecule has 23 heavy (non-hydrogen) atoms. The minimum Gasteiger partial charge on any atom is -0.493 e. The van der Waals surface area contributed by atoms with Crippen molar-refractivity contribution in [2.45, 2.75) is 51.7 Å². The number of carbonyl (C=O) groups excluding carboxylic acids is 2. The average molecular weight is 340 g/mol. The van der Waals surface area contributed by atoms with Gasteiger partial charge < -0.3 is 14.8 Å². The van der Waals surface area contributed by atoms with Gasteiger partial charge in [0, 0.05) is 17.5 Å². The second-order valence-electron chi connectivity index (χ2n) is 5.78. The average Bonchev–Trinajstić information content (AvgIpc) is 3.29. The van der Waals surface area contributed by atoms with Crippen LogP contribution in [0.2, 0.25) is 5.02 Å². The van der Waals surface area contributed by atoms with Gasteiger partial charge in [-0.15, -0.1) is 0 Å². The van der Waals surface area contributed by atoms with E-state index >= 15 is 0 Å². The van der Waals surface area contributed by atoms with E-state index in [1.165, 1.54) is 0 Å². The number of amides is 1. The van der Waals surface area contributed by atoms with E-state index in [9.17, 15) is 9.59 Å². The van der Waals surface area contributed by atoms with Crippen LogP contribution < -0.4 is 10.1 Å². The molecule has 0 aromatic heterocycles. The van der Waals surface area contributed by atoms with E-state index in [1.54, 1.807) is 19.1 Å². The van der Waals surface area contributed by atoms with Gasteiger partial charge in [0.1, 0.15) is 5.75 Å². The molecule has 1 amide bonds. The number of aryl methyl sites for hydroxylation is 1. The van der Waals surface area contributed by atoms with Crippen LogP contribution in [0.5, 0.6) is 5.75 Å². The molecule has 1 atom stereocenters. The molecule has 1 aliphatic rings. The van der Waals surface area contributed by atoms with Crippen LogP contribution in [-0.4, -0.2) is 30.6 Å². The van der Waals surface area contributed by atoms with Crippen molar-refractivity contribution in [1.29, 1.82) is 0 Å². The summed E-state index contributed by atoms with van der Waals surface area (Å²) in [6, 6.07) is 5.66. The first-order chi connectivity index (χ1) is 11.0. The molecular formula is C17H22ClNO4. The molecule has 2 rings (SSSR count). The monoisotopic (exact) mass is 339 g/mol. The standard InChI is InChI=1S/C17H22ClNO4/c1-11-10-13(18)5-8-15(11)22-9-3-4-16(20)23-12(2)17(21)19-14-6-7-14/h5,8,10,12,14H,3-4,6-7,9H2,1-2H3,(H,19,21)/t12-/m0/s1. The Hall–Kier alpha value is -1.75. The lowest BCUT2D eigenvalue weighted by Gasteiger charge is -2.13. The van der Waals surface area contributed by atoms with Gasteiger partial charge >= 0.3 is 5.97 Å². The number of hydrogen-bond donors (Lipinski definition) is 1.